The maximum atomic E-state index is 12.0. The number of thioether (sulfide) groups is 1. The fourth-order valence-electron chi connectivity index (χ4n) is 1.74. The van der Waals surface area contributed by atoms with Crippen LogP contribution in [0.25, 0.3) is 11.5 Å². The molecule has 0 spiro atoms. The quantitative estimate of drug-likeness (QED) is 0.825. The fourth-order valence-corrected chi connectivity index (χ4v) is 2.43. The lowest BCUT2D eigenvalue weighted by atomic mass is 10.1. The highest BCUT2D eigenvalue weighted by atomic mass is 32.2. The molecule has 1 aromatic carbocycles. The molecule has 8 heteroatoms. The first-order chi connectivity index (χ1) is 11.2. The molecule has 1 aromatic heterocycles. The molecule has 1 unspecified atom stereocenters. The van der Waals surface area contributed by atoms with Crippen molar-refractivity contribution in [2.75, 3.05) is 0 Å². The maximum Gasteiger partial charge on any atom is 0.321 e. The number of aromatic nitrogens is 2. The molecule has 0 aliphatic carbocycles. The van der Waals surface area contributed by atoms with Crippen molar-refractivity contribution in [2.45, 2.75) is 43.7 Å². The Kier molecular flexibility index (Phi) is 5.61. The van der Waals surface area contributed by atoms with Gasteiger partial charge in [0.15, 0.2) is 0 Å². The molecule has 2 rings (SSSR count). The predicted octanol–water partition coefficient (Wildman–Crippen LogP) is 2.84. The van der Waals surface area contributed by atoms with E-state index < -0.39 is 22.7 Å². The van der Waals surface area contributed by atoms with Crippen LogP contribution in [0, 0.1) is 0 Å². The van der Waals surface area contributed by atoms with E-state index in [9.17, 15) is 9.59 Å². The molecular weight excluding hydrogens is 328 g/mol. The summed E-state index contributed by atoms with van der Waals surface area (Å²) in [5.74, 6) is -0.0441. The second-order valence-electron chi connectivity index (χ2n) is 6.19. The van der Waals surface area contributed by atoms with Crippen molar-refractivity contribution >= 4 is 23.7 Å². The van der Waals surface area contributed by atoms with Gasteiger partial charge in [0.05, 0.1) is 5.25 Å². The van der Waals surface area contributed by atoms with Gasteiger partial charge < -0.3 is 9.73 Å². The number of rotatable bonds is 4. The molecule has 7 nitrogen and oxygen atoms in total. The molecule has 128 valence electrons. The van der Waals surface area contributed by atoms with E-state index in [1.165, 1.54) is 0 Å². The van der Waals surface area contributed by atoms with E-state index in [4.69, 9.17) is 4.42 Å². The maximum absolute atomic E-state index is 12.0. The number of nitrogens with one attached hydrogen (secondary N) is 2. The molecule has 1 heterocycles. The van der Waals surface area contributed by atoms with E-state index in [0.717, 1.165) is 17.3 Å². The first-order valence-electron chi connectivity index (χ1n) is 7.43. The van der Waals surface area contributed by atoms with Gasteiger partial charge in [-0.1, -0.05) is 30.0 Å². The highest BCUT2D eigenvalue weighted by molar-refractivity contribution is 8.00. The highest BCUT2D eigenvalue weighted by Crippen LogP contribution is 2.25. The Hall–Kier alpha value is -2.35. The monoisotopic (exact) mass is 348 g/mol. The molecule has 0 radical (unpaired) electrons. The van der Waals surface area contributed by atoms with Gasteiger partial charge in [-0.15, -0.1) is 10.2 Å². The van der Waals surface area contributed by atoms with Gasteiger partial charge in [0.2, 0.25) is 11.8 Å². The Morgan fingerprint density at radius 3 is 2.46 bits per heavy atom. The summed E-state index contributed by atoms with van der Waals surface area (Å²) in [6.07, 6.45) is 0. The molecule has 2 N–H and O–H groups in total. The average molecular weight is 348 g/mol. The van der Waals surface area contributed by atoms with Crippen LogP contribution in [0.4, 0.5) is 4.79 Å². The van der Waals surface area contributed by atoms with Crippen LogP contribution in [0.5, 0.6) is 0 Å². The lowest BCUT2D eigenvalue weighted by Crippen LogP contribution is -2.49. The van der Waals surface area contributed by atoms with E-state index in [1.807, 2.05) is 51.1 Å². The van der Waals surface area contributed by atoms with Gasteiger partial charge in [-0.2, -0.15) is 0 Å². The van der Waals surface area contributed by atoms with Crippen LogP contribution in [0.3, 0.4) is 0 Å². The van der Waals surface area contributed by atoms with Crippen molar-refractivity contribution in [3.8, 4) is 11.5 Å². The summed E-state index contributed by atoms with van der Waals surface area (Å²) < 4.78 is 5.54. The Bertz CT molecular complexity index is 710. The molecular formula is C16H20N4O3S. The number of benzene rings is 1. The number of urea groups is 1. The lowest BCUT2D eigenvalue weighted by molar-refractivity contribution is -0.119. The minimum absolute atomic E-state index is 0.271. The molecule has 3 amide bonds. The zero-order valence-electron chi connectivity index (χ0n) is 14.0. The van der Waals surface area contributed by atoms with E-state index >= 15 is 0 Å². The zero-order valence-corrected chi connectivity index (χ0v) is 14.8. The van der Waals surface area contributed by atoms with Crippen LogP contribution < -0.4 is 10.6 Å². The normalized spacial score (nSPS) is 12.5. The first-order valence-corrected chi connectivity index (χ1v) is 8.31. The van der Waals surface area contributed by atoms with E-state index in [0.29, 0.717) is 5.89 Å². The topological polar surface area (TPSA) is 97.1 Å². The standard InChI is InChI=1S/C16H20N4O3S/c1-10(12(21)17-14(22)18-16(2,3)4)24-15-20-19-13(23-15)11-8-6-5-7-9-11/h5-10H,1-4H3,(H2,17,18,21,22). The summed E-state index contributed by atoms with van der Waals surface area (Å²) in [5, 5.41) is 12.6. The van der Waals surface area contributed by atoms with Gasteiger partial charge in [-0.25, -0.2) is 4.79 Å². The van der Waals surface area contributed by atoms with Gasteiger partial charge in [-0.3, -0.25) is 10.1 Å². The molecule has 1 atom stereocenters. The zero-order chi connectivity index (χ0) is 17.7. The highest BCUT2D eigenvalue weighted by Gasteiger charge is 2.22. The van der Waals surface area contributed by atoms with Gasteiger partial charge in [0, 0.05) is 11.1 Å². The van der Waals surface area contributed by atoms with Gasteiger partial charge in [0.25, 0.3) is 5.22 Å². The average Bonchev–Trinajstić information content (AvgIpc) is 2.94. The van der Waals surface area contributed by atoms with E-state index in [2.05, 4.69) is 20.8 Å². The number of hydrogen-bond donors (Lipinski definition) is 2. The fraction of sp³-hybridized carbons (Fsp3) is 0.375. The van der Waals surface area contributed by atoms with Crippen molar-refractivity contribution in [1.29, 1.82) is 0 Å². The summed E-state index contributed by atoms with van der Waals surface area (Å²) in [4.78, 5) is 23.7. The van der Waals surface area contributed by atoms with Crippen LogP contribution in [0.2, 0.25) is 0 Å². The predicted molar refractivity (Wildman–Crippen MR) is 91.5 cm³/mol. The van der Waals surface area contributed by atoms with Gasteiger partial charge in [-0.05, 0) is 39.8 Å². The third kappa shape index (κ3) is 5.38. The molecule has 0 bridgehead atoms. The van der Waals surface area contributed by atoms with Crippen LogP contribution in [-0.2, 0) is 4.79 Å². The number of amides is 3. The second kappa shape index (κ2) is 7.48. The summed E-state index contributed by atoms with van der Waals surface area (Å²) in [7, 11) is 0. The van der Waals surface area contributed by atoms with Crippen molar-refractivity contribution in [3.63, 3.8) is 0 Å². The number of hydrogen-bond acceptors (Lipinski definition) is 6. The molecule has 2 aromatic rings. The first kappa shape index (κ1) is 18.0. The number of nitrogens with zero attached hydrogens (tertiary/aromatic N) is 2. The van der Waals surface area contributed by atoms with Gasteiger partial charge >= 0.3 is 6.03 Å². The number of carbonyl (C=O) groups excluding carboxylic acids is 2. The van der Waals surface area contributed by atoms with Crippen LogP contribution in [0.15, 0.2) is 40.0 Å². The van der Waals surface area contributed by atoms with Crippen molar-refractivity contribution in [3.05, 3.63) is 30.3 Å². The summed E-state index contributed by atoms with van der Waals surface area (Å²) in [6, 6.07) is 8.82. The van der Waals surface area contributed by atoms with Gasteiger partial charge in [0.1, 0.15) is 0 Å². The smallest absolute Gasteiger partial charge is 0.321 e. The third-order valence-electron chi connectivity index (χ3n) is 2.80. The summed E-state index contributed by atoms with van der Waals surface area (Å²) >= 11 is 1.09. The lowest BCUT2D eigenvalue weighted by Gasteiger charge is -2.20. The Morgan fingerprint density at radius 2 is 1.83 bits per heavy atom. The van der Waals surface area contributed by atoms with Crippen LogP contribution in [0.1, 0.15) is 27.7 Å². The molecule has 0 saturated heterocycles. The number of imide groups is 1. The molecule has 0 aliphatic heterocycles. The molecule has 0 aliphatic rings. The minimum Gasteiger partial charge on any atom is -0.411 e. The van der Waals surface area contributed by atoms with Crippen molar-refractivity contribution < 1.29 is 14.0 Å². The van der Waals surface area contributed by atoms with E-state index in [1.54, 1.807) is 6.92 Å². The van der Waals surface area contributed by atoms with Crippen molar-refractivity contribution in [2.24, 2.45) is 0 Å². The molecule has 0 saturated carbocycles. The Morgan fingerprint density at radius 1 is 1.17 bits per heavy atom. The third-order valence-corrected chi connectivity index (χ3v) is 3.73. The SMILES string of the molecule is CC(Sc1nnc(-c2ccccc2)o1)C(=O)NC(=O)NC(C)(C)C. The van der Waals surface area contributed by atoms with Crippen LogP contribution >= 0.6 is 11.8 Å². The van der Waals surface area contributed by atoms with E-state index in [-0.39, 0.29) is 5.22 Å². The Balaban J connectivity index is 1.92. The molecule has 0 fully saturated rings. The summed E-state index contributed by atoms with van der Waals surface area (Å²) in [6.45, 7) is 7.16. The number of carbonyl (C=O) groups is 2. The van der Waals surface area contributed by atoms with Crippen LogP contribution in [-0.4, -0.2) is 32.9 Å². The largest absolute Gasteiger partial charge is 0.411 e. The molecule has 24 heavy (non-hydrogen) atoms. The Labute approximate surface area is 144 Å². The summed E-state index contributed by atoms with van der Waals surface area (Å²) in [5.41, 5.74) is 0.385. The second-order valence-corrected chi connectivity index (χ2v) is 7.48. The van der Waals surface area contributed by atoms with Crippen molar-refractivity contribution in [1.82, 2.24) is 20.8 Å². The minimum atomic E-state index is -0.556.